The van der Waals surface area contributed by atoms with Crippen molar-refractivity contribution >= 4 is 17.9 Å². The van der Waals surface area contributed by atoms with Crippen LogP contribution in [-0.2, 0) is 28.6 Å². The first-order valence-electron chi connectivity index (χ1n) is 19.4. The average molecular weight is 725 g/mol. The predicted octanol–water partition coefficient (Wildman–Crippen LogP) is 9.96. The largest absolute Gasteiger partial charge is 0.477 e. The van der Waals surface area contributed by atoms with E-state index in [1.165, 1.54) is 25.7 Å². The summed E-state index contributed by atoms with van der Waals surface area (Å²) >= 11 is 0. The van der Waals surface area contributed by atoms with Crippen LogP contribution in [0.5, 0.6) is 0 Å². The van der Waals surface area contributed by atoms with E-state index >= 15 is 0 Å². The number of carbonyl (C=O) groups is 3. The fourth-order valence-electron chi connectivity index (χ4n) is 4.90. The van der Waals surface area contributed by atoms with Gasteiger partial charge in [0.2, 0.25) is 0 Å². The summed E-state index contributed by atoms with van der Waals surface area (Å²) in [6, 6.07) is -0.631. The molecule has 8 nitrogen and oxygen atoms in total. The lowest BCUT2D eigenvalue weighted by Crippen LogP contribution is -2.50. The molecule has 2 atom stereocenters. The first kappa shape index (κ1) is 48.2. The van der Waals surface area contributed by atoms with Gasteiger partial charge >= 0.3 is 17.9 Å². The minimum absolute atomic E-state index is 0.0267. The highest BCUT2D eigenvalue weighted by Gasteiger charge is 2.31. The van der Waals surface area contributed by atoms with Gasteiger partial charge in [-0.3, -0.25) is 9.59 Å². The third kappa shape index (κ3) is 32.2. The van der Waals surface area contributed by atoms with Crippen LogP contribution in [0.4, 0.5) is 0 Å². The van der Waals surface area contributed by atoms with Gasteiger partial charge in [-0.1, -0.05) is 137 Å². The summed E-state index contributed by atoms with van der Waals surface area (Å²) < 4.78 is 17.1. The SMILES string of the molecule is CC/C=C/C=C/C=C/C=C/C=C/C=C/C=C/CCCCCC(=O)OC(COCCC(C(=O)O)[N+](C)(C)C)COC(=O)CCC/C=C/CCCCCC. The minimum atomic E-state index is -0.893. The van der Waals surface area contributed by atoms with Gasteiger partial charge in [0.15, 0.2) is 12.1 Å². The summed E-state index contributed by atoms with van der Waals surface area (Å²) in [6.07, 6.45) is 44.6. The van der Waals surface area contributed by atoms with Gasteiger partial charge in [0.05, 0.1) is 34.4 Å². The molecular weight excluding hydrogens is 654 g/mol. The number of rotatable bonds is 32. The fourth-order valence-corrected chi connectivity index (χ4v) is 4.90. The fraction of sp³-hybridized carbons (Fsp3) is 0.568. The van der Waals surface area contributed by atoms with E-state index in [4.69, 9.17) is 14.2 Å². The molecule has 0 saturated heterocycles. The number of likely N-dealkylation sites (N-methyl/N-ethyl adjacent to an activating group) is 1. The average Bonchev–Trinajstić information content (AvgIpc) is 3.09. The zero-order valence-electron chi connectivity index (χ0n) is 33.0. The summed E-state index contributed by atoms with van der Waals surface area (Å²) in [5.74, 6) is -1.59. The molecule has 0 aliphatic heterocycles. The monoisotopic (exact) mass is 725 g/mol. The van der Waals surface area contributed by atoms with Crippen molar-refractivity contribution in [3.05, 3.63) is 97.2 Å². The number of hydrogen-bond donors (Lipinski definition) is 1. The van der Waals surface area contributed by atoms with Crippen LogP contribution in [-0.4, -0.2) is 80.6 Å². The highest BCUT2D eigenvalue weighted by Crippen LogP contribution is 2.11. The van der Waals surface area contributed by atoms with Crippen LogP contribution in [0.3, 0.4) is 0 Å². The normalized spacial score (nSPS) is 14.1. The number of nitrogens with zero attached hydrogens (tertiary/aromatic N) is 1. The molecule has 2 unspecified atom stereocenters. The molecule has 0 bridgehead atoms. The Morgan fingerprint density at radius 3 is 1.67 bits per heavy atom. The van der Waals surface area contributed by atoms with Crippen molar-refractivity contribution < 1.29 is 38.2 Å². The lowest BCUT2D eigenvalue weighted by Gasteiger charge is -2.31. The highest BCUT2D eigenvalue weighted by molar-refractivity contribution is 5.72. The Balaban J connectivity index is 4.57. The minimum Gasteiger partial charge on any atom is -0.477 e. The van der Waals surface area contributed by atoms with Crippen LogP contribution in [0.15, 0.2) is 97.2 Å². The molecule has 0 spiro atoms. The van der Waals surface area contributed by atoms with Gasteiger partial charge in [0, 0.05) is 19.3 Å². The smallest absolute Gasteiger partial charge is 0.362 e. The molecule has 0 radical (unpaired) electrons. The zero-order valence-corrected chi connectivity index (χ0v) is 33.0. The van der Waals surface area contributed by atoms with Crippen LogP contribution in [0.25, 0.3) is 0 Å². The lowest BCUT2D eigenvalue weighted by atomic mass is 10.1. The molecule has 0 heterocycles. The van der Waals surface area contributed by atoms with Crippen molar-refractivity contribution in [3.63, 3.8) is 0 Å². The highest BCUT2D eigenvalue weighted by atomic mass is 16.6. The number of unbranched alkanes of at least 4 members (excludes halogenated alkanes) is 8. The number of quaternary nitrogens is 1. The maximum atomic E-state index is 12.6. The van der Waals surface area contributed by atoms with Crippen molar-refractivity contribution in [2.24, 2.45) is 0 Å². The van der Waals surface area contributed by atoms with E-state index in [1.807, 2.05) is 94.1 Å². The quantitative estimate of drug-likeness (QED) is 0.0242. The van der Waals surface area contributed by atoms with Crippen LogP contribution < -0.4 is 0 Å². The van der Waals surface area contributed by atoms with Crippen molar-refractivity contribution in [2.45, 2.75) is 122 Å². The van der Waals surface area contributed by atoms with Crippen molar-refractivity contribution in [3.8, 4) is 0 Å². The Kier molecular flexibility index (Phi) is 31.9. The molecule has 0 aromatic heterocycles. The van der Waals surface area contributed by atoms with E-state index in [9.17, 15) is 19.5 Å². The van der Waals surface area contributed by atoms with Crippen molar-refractivity contribution in [1.29, 1.82) is 0 Å². The first-order valence-corrected chi connectivity index (χ1v) is 19.4. The standard InChI is InChI=1S/C44H69NO7/c1-6-8-10-12-14-16-17-18-19-20-21-22-23-24-25-27-29-31-33-35-43(47)52-40(38-50-37-36-41(44(48)49)45(3,4)5)39-51-42(46)34-32-30-28-26-15-13-11-9-7-2/h8,10,12,14,16-26,28,40-41H,6-7,9,11,13,15,27,29-39H2,1-5H3/p+1/b10-8+,14-12+,17-16+,19-18+,21-20+,23-22+,25-24+,28-26+. The summed E-state index contributed by atoms with van der Waals surface area (Å²) in [5.41, 5.74) is 0. The first-order chi connectivity index (χ1) is 25.1. The Bertz CT molecular complexity index is 1170. The second kappa shape index (κ2) is 34.3. The van der Waals surface area contributed by atoms with Gasteiger partial charge in [0.1, 0.15) is 6.61 Å². The topological polar surface area (TPSA) is 99.1 Å². The Morgan fingerprint density at radius 2 is 1.12 bits per heavy atom. The van der Waals surface area contributed by atoms with Crippen LogP contribution in [0.1, 0.15) is 110 Å². The number of allylic oxidation sites excluding steroid dienone is 16. The van der Waals surface area contributed by atoms with E-state index in [1.54, 1.807) is 0 Å². The summed E-state index contributed by atoms with van der Waals surface area (Å²) in [5, 5.41) is 9.58. The van der Waals surface area contributed by atoms with Crippen LogP contribution in [0.2, 0.25) is 0 Å². The lowest BCUT2D eigenvalue weighted by molar-refractivity contribution is -0.887. The maximum Gasteiger partial charge on any atom is 0.362 e. The molecule has 0 amide bonds. The van der Waals surface area contributed by atoms with Crippen LogP contribution >= 0.6 is 0 Å². The van der Waals surface area contributed by atoms with E-state index in [0.717, 1.165) is 38.5 Å². The number of carboxylic acids is 1. The number of carboxylic acid groups (broad SMARTS) is 1. The number of esters is 2. The second-order valence-corrected chi connectivity index (χ2v) is 13.6. The molecule has 0 fully saturated rings. The van der Waals surface area contributed by atoms with E-state index in [2.05, 4.69) is 38.2 Å². The number of aliphatic carboxylic acids is 1. The molecule has 52 heavy (non-hydrogen) atoms. The molecule has 0 rings (SSSR count). The van der Waals surface area contributed by atoms with Gasteiger partial charge in [-0.25, -0.2) is 4.79 Å². The van der Waals surface area contributed by atoms with Gasteiger partial charge in [-0.2, -0.15) is 0 Å². The third-order valence-corrected chi connectivity index (χ3v) is 7.91. The molecule has 0 aliphatic rings. The van der Waals surface area contributed by atoms with Gasteiger partial charge in [-0.15, -0.1) is 0 Å². The molecule has 0 aromatic carbocycles. The van der Waals surface area contributed by atoms with Crippen molar-refractivity contribution in [2.75, 3.05) is 41.0 Å². The Hall–Kier alpha value is -3.75. The summed E-state index contributed by atoms with van der Waals surface area (Å²) in [4.78, 5) is 36.7. The van der Waals surface area contributed by atoms with Gasteiger partial charge in [-0.05, 0) is 51.4 Å². The predicted molar refractivity (Wildman–Crippen MR) is 215 cm³/mol. The molecule has 0 aromatic rings. The van der Waals surface area contributed by atoms with E-state index in [-0.39, 0.29) is 49.1 Å². The number of ether oxygens (including phenoxy) is 3. The molecule has 1 N–H and O–H groups in total. The van der Waals surface area contributed by atoms with Crippen molar-refractivity contribution in [1.82, 2.24) is 0 Å². The third-order valence-electron chi connectivity index (χ3n) is 7.91. The van der Waals surface area contributed by atoms with Crippen LogP contribution in [0, 0.1) is 0 Å². The van der Waals surface area contributed by atoms with Gasteiger partial charge in [0.25, 0.3) is 0 Å². The molecule has 8 heteroatoms. The second-order valence-electron chi connectivity index (χ2n) is 13.6. The van der Waals surface area contributed by atoms with E-state index < -0.39 is 18.1 Å². The molecule has 0 saturated carbocycles. The summed E-state index contributed by atoms with van der Waals surface area (Å²) in [6.45, 7) is 4.43. The van der Waals surface area contributed by atoms with E-state index in [0.29, 0.717) is 19.3 Å². The number of carbonyl (C=O) groups excluding carboxylic acids is 2. The van der Waals surface area contributed by atoms with Gasteiger partial charge < -0.3 is 23.8 Å². The zero-order chi connectivity index (χ0) is 38.5. The number of hydrogen-bond acceptors (Lipinski definition) is 6. The Morgan fingerprint density at radius 1 is 0.596 bits per heavy atom. The maximum absolute atomic E-state index is 12.6. The molecule has 0 aliphatic carbocycles. The molecule has 292 valence electrons. The Labute approximate surface area is 316 Å². The molecular formula is C44H70NO7+. The summed E-state index contributed by atoms with van der Waals surface area (Å²) in [7, 11) is 5.47.